The summed E-state index contributed by atoms with van der Waals surface area (Å²) in [5, 5.41) is 2.81. The predicted octanol–water partition coefficient (Wildman–Crippen LogP) is 2.07. The molecule has 0 atom stereocenters. The van der Waals surface area contributed by atoms with E-state index in [0.29, 0.717) is 43.3 Å². The molecule has 0 unspecified atom stereocenters. The van der Waals surface area contributed by atoms with Crippen molar-refractivity contribution in [2.75, 3.05) is 38.7 Å². The van der Waals surface area contributed by atoms with E-state index in [4.69, 9.17) is 9.47 Å². The minimum absolute atomic E-state index is 0.156. The van der Waals surface area contributed by atoms with Crippen molar-refractivity contribution in [3.63, 3.8) is 0 Å². The molecule has 8 heteroatoms. The molecule has 2 aromatic heterocycles. The Morgan fingerprint density at radius 1 is 1.11 bits per heavy atom. The van der Waals surface area contributed by atoms with E-state index in [2.05, 4.69) is 10.3 Å². The number of amides is 2. The number of imidazole rings is 1. The smallest absolute Gasteiger partial charge is 0.292 e. The van der Waals surface area contributed by atoms with Gasteiger partial charge in [0.05, 0.1) is 25.8 Å². The third-order valence-corrected chi connectivity index (χ3v) is 4.60. The number of pyridine rings is 1. The number of carbonyl (C=O) groups excluding carboxylic acids is 2. The van der Waals surface area contributed by atoms with Gasteiger partial charge in [0.1, 0.15) is 5.75 Å². The zero-order valence-electron chi connectivity index (χ0n) is 15.4. The molecule has 1 aliphatic rings. The van der Waals surface area contributed by atoms with Gasteiger partial charge in [-0.2, -0.15) is 0 Å². The van der Waals surface area contributed by atoms with Gasteiger partial charge in [-0.15, -0.1) is 0 Å². The fraction of sp³-hybridized carbons (Fsp3) is 0.250. The van der Waals surface area contributed by atoms with Gasteiger partial charge in [-0.1, -0.05) is 6.07 Å². The van der Waals surface area contributed by atoms with Crippen LogP contribution in [0.3, 0.4) is 0 Å². The molecular formula is C20H20N4O4. The summed E-state index contributed by atoms with van der Waals surface area (Å²) in [6.45, 7) is 2.03. The van der Waals surface area contributed by atoms with Crippen molar-refractivity contribution >= 4 is 23.0 Å². The summed E-state index contributed by atoms with van der Waals surface area (Å²) < 4.78 is 12.1. The van der Waals surface area contributed by atoms with Crippen molar-refractivity contribution in [3.05, 3.63) is 60.2 Å². The van der Waals surface area contributed by atoms with E-state index in [1.807, 2.05) is 6.07 Å². The van der Waals surface area contributed by atoms with E-state index in [1.165, 1.54) is 0 Å². The standard InChI is InChI=1S/C20H20N4O4/c1-27-15-7-5-14(6-8-15)21-19(25)18-22-17(16-4-2-3-9-24(16)18)20(26)23-10-12-28-13-11-23/h2-9H,10-13H2,1H3,(H,21,25). The Kier molecular flexibility index (Phi) is 4.94. The first-order chi connectivity index (χ1) is 13.7. The minimum atomic E-state index is -0.396. The number of fused-ring (bicyclic) bond motifs is 1. The number of rotatable bonds is 4. The van der Waals surface area contributed by atoms with Crippen LogP contribution < -0.4 is 10.1 Å². The van der Waals surface area contributed by atoms with Gasteiger partial charge in [-0.3, -0.25) is 14.0 Å². The summed E-state index contributed by atoms with van der Waals surface area (Å²) in [5.74, 6) is 0.258. The largest absolute Gasteiger partial charge is 0.497 e. The lowest BCUT2D eigenvalue weighted by Crippen LogP contribution is -2.40. The van der Waals surface area contributed by atoms with Gasteiger partial charge >= 0.3 is 0 Å². The lowest BCUT2D eigenvalue weighted by molar-refractivity contribution is 0.0300. The molecule has 8 nitrogen and oxygen atoms in total. The molecule has 3 aromatic rings. The van der Waals surface area contributed by atoms with Crippen LogP contribution in [0.15, 0.2) is 48.7 Å². The monoisotopic (exact) mass is 380 g/mol. The third kappa shape index (κ3) is 3.41. The summed E-state index contributed by atoms with van der Waals surface area (Å²) in [7, 11) is 1.58. The van der Waals surface area contributed by atoms with E-state index in [9.17, 15) is 9.59 Å². The molecule has 0 saturated carbocycles. The van der Waals surface area contributed by atoms with E-state index >= 15 is 0 Å². The molecule has 0 bridgehead atoms. The molecule has 144 valence electrons. The zero-order valence-corrected chi connectivity index (χ0v) is 15.4. The van der Waals surface area contributed by atoms with Gasteiger partial charge in [-0.25, -0.2) is 4.98 Å². The summed E-state index contributed by atoms with van der Waals surface area (Å²) in [5.41, 5.74) is 1.47. The fourth-order valence-corrected chi connectivity index (χ4v) is 3.13. The summed E-state index contributed by atoms with van der Waals surface area (Å²) in [6.07, 6.45) is 1.72. The Morgan fingerprint density at radius 3 is 2.57 bits per heavy atom. The quantitative estimate of drug-likeness (QED) is 0.749. The average Bonchev–Trinajstić information content (AvgIpc) is 3.14. The second-order valence-corrected chi connectivity index (χ2v) is 6.33. The van der Waals surface area contributed by atoms with Crippen molar-refractivity contribution in [1.82, 2.24) is 14.3 Å². The highest BCUT2D eigenvalue weighted by atomic mass is 16.5. The van der Waals surface area contributed by atoms with Gasteiger partial charge in [0.25, 0.3) is 11.8 Å². The van der Waals surface area contributed by atoms with Crippen LogP contribution in [0.25, 0.3) is 5.52 Å². The van der Waals surface area contributed by atoms with Crippen LogP contribution >= 0.6 is 0 Å². The highest BCUT2D eigenvalue weighted by Crippen LogP contribution is 2.19. The molecule has 0 aliphatic carbocycles. The summed E-state index contributed by atoms with van der Waals surface area (Å²) in [6, 6.07) is 12.4. The first kappa shape index (κ1) is 18.0. The number of hydrogen-bond acceptors (Lipinski definition) is 5. The van der Waals surface area contributed by atoms with E-state index in [0.717, 1.165) is 0 Å². The normalized spacial score (nSPS) is 14.1. The van der Waals surface area contributed by atoms with Crippen LogP contribution in [0.5, 0.6) is 5.75 Å². The number of benzene rings is 1. The van der Waals surface area contributed by atoms with Crippen molar-refractivity contribution < 1.29 is 19.1 Å². The minimum Gasteiger partial charge on any atom is -0.497 e. The van der Waals surface area contributed by atoms with Gasteiger partial charge in [-0.05, 0) is 36.4 Å². The van der Waals surface area contributed by atoms with Crippen LogP contribution in [0.1, 0.15) is 21.1 Å². The molecule has 3 heterocycles. The number of ether oxygens (including phenoxy) is 2. The Morgan fingerprint density at radius 2 is 1.86 bits per heavy atom. The Labute approximate surface area is 161 Å². The molecule has 28 heavy (non-hydrogen) atoms. The number of nitrogens with zero attached hydrogens (tertiary/aromatic N) is 3. The van der Waals surface area contributed by atoms with Crippen molar-refractivity contribution in [2.45, 2.75) is 0 Å². The topological polar surface area (TPSA) is 85.2 Å². The first-order valence-corrected chi connectivity index (χ1v) is 8.97. The van der Waals surface area contributed by atoms with Gasteiger partial charge in [0.15, 0.2) is 5.69 Å². The highest BCUT2D eigenvalue weighted by molar-refractivity contribution is 6.06. The van der Waals surface area contributed by atoms with Crippen molar-refractivity contribution in [2.24, 2.45) is 0 Å². The Hall–Kier alpha value is -3.39. The number of methoxy groups -OCH3 is 1. The van der Waals surface area contributed by atoms with Crippen molar-refractivity contribution in [1.29, 1.82) is 0 Å². The number of morpholine rings is 1. The second kappa shape index (κ2) is 7.69. The number of aromatic nitrogens is 2. The van der Waals surface area contributed by atoms with Gasteiger partial charge < -0.3 is 19.7 Å². The van der Waals surface area contributed by atoms with Crippen molar-refractivity contribution in [3.8, 4) is 5.75 Å². The Bertz CT molecular complexity index is 1010. The summed E-state index contributed by atoms with van der Waals surface area (Å²) in [4.78, 5) is 31.8. The molecule has 1 aromatic carbocycles. The number of anilines is 1. The maximum atomic E-state index is 12.9. The van der Waals surface area contributed by atoms with Crippen LogP contribution in [0.2, 0.25) is 0 Å². The molecular weight excluding hydrogens is 360 g/mol. The van der Waals surface area contributed by atoms with E-state index in [-0.39, 0.29) is 17.4 Å². The van der Waals surface area contributed by atoms with Crippen LogP contribution in [-0.2, 0) is 4.74 Å². The lowest BCUT2D eigenvalue weighted by Gasteiger charge is -2.26. The predicted molar refractivity (Wildman–Crippen MR) is 103 cm³/mol. The summed E-state index contributed by atoms with van der Waals surface area (Å²) >= 11 is 0. The molecule has 0 radical (unpaired) electrons. The maximum absolute atomic E-state index is 12.9. The average molecular weight is 380 g/mol. The number of carbonyl (C=O) groups is 2. The second-order valence-electron chi connectivity index (χ2n) is 6.33. The fourth-order valence-electron chi connectivity index (χ4n) is 3.13. The third-order valence-electron chi connectivity index (χ3n) is 4.60. The van der Waals surface area contributed by atoms with Crippen LogP contribution in [-0.4, -0.2) is 59.5 Å². The molecule has 0 spiro atoms. The molecule has 1 fully saturated rings. The van der Waals surface area contributed by atoms with Crippen LogP contribution in [0, 0.1) is 0 Å². The molecule has 1 saturated heterocycles. The zero-order chi connectivity index (χ0) is 19.5. The Balaban J connectivity index is 1.65. The first-order valence-electron chi connectivity index (χ1n) is 8.97. The molecule has 4 rings (SSSR count). The highest BCUT2D eigenvalue weighted by Gasteiger charge is 2.26. The molecule has 1 aliphatic heterocycles. The number of nitrogens with one attached hydrogen (secondary N) is 1. The van der Waals surface area contributed by atoms with E-state index in [1.54, 1.807) is 59.0 Å². The van der Waals surface area contributed by atoms with Crippen LogP contribution in [0.4, 0.5) is 5.69 Å². The molecule has 1 N–H and O–H groups in total. The molecule has 2 amide bonds. The van der Waals surface area contributed by atoms with E-state index < -0.39 is 5.91 Å². The van der Waals surface area contributed by atoms with Gasteiger partial charge in [0, 0.05) is 25.0 Å². The SMILES string of the molecule is COc1ccc(NC(=O)c2nc(C(=O)N3CCOCC3)c3ccccn23)cc1. The number of hydrogen-bond donors (Lipinski definition) is 1. The van der Waals surface area contributed by atoms with Gasteiger partial charge in [0.2, 0.25) is 5.82 Å². The lowest BCUT2D eigenvalue weighted by atomic mass is 10.3. The maximum Gasteiger partial charge on any atom is 0.292 e.